The Kier molecular flexibility index (Phi) is 5.35. The first-order chi connectivity index (χ1) is 11.0. The summed E-state index contributed by atoms with van der Waals surface area (Å²) >= 11 is 0. The van der Waals surface area contributed by atoms with E-state index in [-0.39, 0.29) is 18.8 Å². The van der Waals surface area contributed by atoms with Crippen LogP contribution in [0.1, 0.15) is 12.5 Å². The summed E-state index contributed by atoms with van der Waals surface area (Å²) in [6.07, 6.45) is 3.19. The molecule has 0 saturated carbocycles. The molecule has 23 heavy (non-hydrogen) atoms. The first kappa shape index (κ1) is 16.5. The summed E-state index contributed by atoms with van der Waals surface area (Å²) in [6.45, 7) is 1.11. The van der Waals surface area contributed by atoms with Crippen molar-refractivity contribution in [2.45, 2.75) is 13.5 Å². The Bertz CT molecular complexity index is 708. The molecule has 1 N–H and O–H groups in total. The van der Waals surface area contributed by atoms with Crippen molar-refractivity contribution >= 4 is 17.5 Å². The number of aromatic nitrogens is 1. The molecule has 0 saturated heterocycles. The molecular weight excluding hydrogens is 304 g/mol. The summed E-state index contributed by atoms with van der Waals surface area (Å²) in [7, 11) is 0. The van der Waals surface area contributed by atoms with Crippen LogP contribution in [0.5, 0.6) is 0 Å². The van der Waals surface area contributed by atoms with Gasteiger partial charge in [-0.25, -0.2) is 8.78 Å². The lowest BCUT2D eigenvalue weighted by Crippen LogP contribution is -2.40. The third-order valence-electron chi connectivity index (χ3n) is 3.12. The van der Waals surface area contributed by atoms with Crippen LogP contribution in [0.25, 0.3) is 0 Å². The van der Waals surface area contributed by atoms with Gasteiger partial charge >= 0.3 is 0 Å². The number of hydrogen-bond donors (Lipinski definition) is 1. The second-order valence-electron chi connectivity index (χ2n) is 4.83. The Morgan fingerprint density at radius 2 is 1.87 bits per heavy atom. The maximum atomic E-state index is 13.8. The molecule has 0 spiro atoms. The first-order valence-corrected chi connectivity index (χ1v) is 6.86. The van der Waals surface area contributed by atoms with Crippen molar-refractivity contribution in [3.05, 3.63) is 59.9 Å². The van der Waals surface area contributed by atoms with Crippen molar-refractivity contribution in [2.75, 3.05) is 11.4 Å². The van der Waals surface area contributed by atoms with E-state index in [0.29, 0.717) is 6.07 Å². The van der Waals surface area contributed by atoms with Gasteiger partial charge in [0, 0.05) is 31.9 Å². The van der Waals surface area contributed by atoms with Gasteiger partial charge in [0.25, 0.3) is 0 Å². The monoisotopic (exact) mass is 319 g/mol. The average molecular weight is 319 g/mol. The van der Waals surface area contributed by atoms with E-state index >= 15 is 0 Å². The molecule has 5 nitrogen and oxygen atoms in total. The van der Waals surface area contributed by atoms with Crippen molar-refractivity contribution in [1.82, 2.24) is 10.3 Å². The van der Waals surface area contributed by atoms with Crippen LogP contribution in [0, 0.1) is 11.6 Å². The molecule has 2 amide bonds. The Morgan fingerprint density at radius 3 is 2.48 bits per heavy atom. The zero-order valence-corrected chi connectivity index (χ0v) is 12.4. The van der Waals surface area contributed by atoms with Crippen molar-refractivity contribution in [2.24, 2.45) is 0 Å². The number of nitrogens with one attached hydrogen (secondary N) is 1. The molecule has 0 bridgehead atoms. The number of anilines is 1. The smallest absolute Gasteiger partial charge is 0.240 e. The van der Waals surface area contributed by atoms with E-state index in [0.717, 1.165) is 22.6 Å². The SMILES string of the molecule is CC(=O)N(CC(=O)NCc1ccncc1)c1ccc(F)cc1F. The maximum absolute atomic E-state index is 13.8. The highest BCUT2D eigenvalue weighted by atomic mass is 19.1. The number of rotatable bonds is 5. The lowest BCUT2D eigenvalue weighted by Gasteiger charge is -2.21. The van der Waals surface area contributed by atoms with Crippen molar-refractivity contribution in [3.63, 3.8) is 0 Å². The Labute approximate surface area is 131 Å². The van der Waals surface area contributed by atoms with E-state index in [2.05, 4.69) is 10.3 Å². The number of amides is 2. The number of halogens is 2. The van der Waals surface area contributed by atoms with E-state index in [1.807, 2.05) is 0 Å². The van der Waals surface area contributed by atoms with Gasteiger partial charge in [0.1, 0.15) is 18.2 Å². The van der Waals surface area contributed by atoms with Gasteiger partial charge in [-0.05, 0) is 29.8 Å². The number of pyridine rings is 1. The number of carbonyl (C=O) groups excluding carboxylic acids is 2. The fourth-order valence-corrected chi connectivity index (χ4v) is 1.97. The van der Waals surface area contributed by atoms with Gasteiger partial charge in [0.2, 0.25) is 11.8 Å². The van der Waals surface area contributed by atoms with Crippen LogP contribution < -0.4 is 10.2 Å². The summed E-state index contributed by atoms with van der Waals surface area (Å²) in [5.74, 6) is -2.63. The molecule has 0 aliphatic carbocycles. The van der Waals surface area contributed by atoms with Gasteiger partial charge in [0.05, 0.1) is 5.69 Å². The molecule has 0 atom stereocenters. The lowest BCUT2D eigenvalue weighted by atomic mass is 10.2. The number of benzene rings is 1. The van der Waals surface area contributed by atoms with Gasteiger partial charge in [-0.2, -0.15) is 0 Å². The predicted molar refractivity (Wildman–Crippen MR) is 80.5 cm³/mol. The van der Waals surface area contributed by atoms with Crippen LogP contribution in [0.3, 0.4) is 0 Å². The zero-order chi connectivity index (χ0) is 16.8. The quantitative estimate of drug-likeness (QED) is 0.917. The molecular formula is C16H15F2N3O2. The van der Waals surface area contributed by atoms with E-state index in [1.54, 1.807) is 24.5 Å². The normalized spacial score (nSPS) is 10.2. The highest BCUT2D eigenvalue weighted by Gasteiger charge is 2.19. The Morgan fingerprint density at radius 1 is 1.17 bits per heavy atom. The molecule has 120 valence electrons. The summed E-state index contributed by atoms with van der Waals surface area (Å²) in [5.41, 5.74) is 0.702. The molecule has 2 aromatic rings. The minimum atomic E-state index is -0.901. The minimum Gasteiger partial charge on any atom is -0.350 e. The van der Waals surface area contributed by atoms with E-state index in [1.165, 1.54) is 6.92 Å². The minimum absolute atomic E-state index is 0.141. The molecule has 0 unspecified atom stereocenters. The van der Waals surface area contributed by atoms with Crippen LogP contribution in [0.2, 0.25) is 0 Å². The number of carbonyl (C=O) groups is 2. The molecule has 2 rings (SSSR count). The van der Waals surface area contributed by atoms with Crippen molar-refractivity contribution in [1.29, 1.82) is 0 Å². The molecule has 0 aliphatic rings. The maximum Gasteiger partial charge on any atom is 0.240 e. The van der Waals surface area contributed by atoms with Crippen LogP contribution in [-0.2, 0) is 16.1 Å². The summed E-state index contributed by atoms with van der Waals surface area (Å²) in [4.78, 5) is 28.5. The second-order valence-corrected chi connectivity index (χ2v) is 4.83. The van der Waals surface area contributed by atoms with Crippen molar-refractivity contribution in [3.8, 4) is 0 Å². The second kappa shape index (κ2) is 7.44. The molecule has 1 heterocycles. The largest absolute Gasteiger partial charge is 0.350 e. The topological polar surface area (TPSA) is 62.3 Å². The molecule has 7 heteroatoms. The molecule has 0 radical (unpaired) electrons. The fraction of sp³-hybridized carbons (Fsp3) is 0.188. The summed E-state index contributed by atoms with van der Waals surface area (Å²) < 4.78 is 26.7. The summed E-state index contributed by atoms with van der Waals surface area (Å²) in [6, 6.07) is 6.30. The van der Waals surface area contributed by atoms with E-state index in [4.69, 9.17) is 0 Å². The van der Waals surface area contributed by atoms with Gasteiger partial charge < -0.3 is 10.2 Å². The molecule has 1 aromatic carbocycles. The number of hydrogen-bond acceptors (Lipinski definition) is 3. The standard InChI is InChI=1S/C16H15F2N3O2/c1-11(22)21(15-3-2-13(17)8-14(15)18)10-16(23)20-9-12-4-6-19-7-5-12/h2-8H,9-10H2,1H3,(H,20,23). The van der Waals surface area contributed by atoms with Crippen molar-refractivity contribution < 1.29 is 18.4 Å². The third-order valence-corrected chi connectivity index (χ3v) is 3.12. The van der Waals surface area contributed by atoms with Crippen LogP contribution in [-0.4, -0.2) is 23.3 Å². The van der Waals surface area contributed by atoms with Gasteiger partial charge in [-0.15, -0.1) is 0 Å². The van der Waals surface area contributed by atoms with Crippen LogP contribution >= 0.6 is 0 Å². The van der Waals surface area contributed by atoms with E-state index < -0.39 is 23.4 Å². The zero-order valence-electron chi connectivity index (χ0n) is 12.4. The highest BCUT2D eigenvalue weighted by Crippen LogP contribution is 2.20. The fourth-order valence-electron chi connectivity index (χ4n) is 1.97. The van der Waals surface area contributed by atoms with Gasteiger partial charge in [-0.3, -0.25) is 14.6 Å². The third kappa shape index (κ3) is 4.57. The Balaban J connectivity index is 2.04. The molecule has 0 aliphatic heterocycles. The molecule has 1 aromatic heterocycles. The van der Waals surface area contributed by atoms with E-state index in [9.17, 15) is 18.4 Å². The van der Waals surface area contributed by atoms with Crippen LogP contribution in [0.4, 0.5) is 14.5 Å². The lowest BCUT2D eigenvalue weighted by molar-refractivity contribution is -0.123. The highest BCUT2D eigenvalue weighted by molar-refractivity contribution is 5.97. The van der Waals surface area contributed by atoms with Gasteiger partial charge in [-0.1, -0.05) is 0 Å². The Hall–Kier alpha value is -2.83. The molecule has 0 fully saturated rings. The van der Waals surface area contributed by atoms with Crippen LogP contribution in [0.15, 0.2) is 42.7 Å². The predicted octanol–water partition coefficient (Wildman–Crippen LogP) is 2.03. The average Bonchev–Trinajstić information content (AvgIpc) is 2.52. The summed E-state index contributed by atoms with van der Waals surface area (Å²) in [5, 5.41) is 2.63. The first-order valence-electron chi connectivity index (χ1n) is 6.86. The van der Waals surface area contributed by atoms with Gasteiger partial charge in [0.15, 0.2) is 0 Å². The number of nitrogens with zero attached hydrogens (tertiary/aromatic N) is 2.